The Kier molecular flexibility index (Phi) is 2.14. The van der Waals surface area contributed by atoms with Crippen LogP contribution in [0.3, 0.4) is 0 Å². The Bertz CT molecular complexity index is 132. The van der Waals surface area contributed by atoms with Gasteiger partial charge in [0, 0.05) is 6.04 Å². The highest BCUT2D eigenvalue weighted by Gasteiger charge is 2.30. The summed E-state index contributed by atoms with van der Waals surface area (Å²) in [4.78, 5) is 2.62. The predicted octanol–water partition coefficient (Wildman–Crippen LogP) is 0.820. The quantitative estimate of drug-likeness (QED) is 0.638. The summed E-state index contributed by atoms with van der Waals surface area (Å²) in [7, 11) is 0. The van der Waals surface area contributed by atoms with E-state index in [-0.39, 0.29) is 0 Å². The number of likely N-dealkylation sites (tertiary alicyclic amines) is 1. The Balaban J connectivity index is 1.79. The van der Waals surface area contributed by atoms with Gasteiger partial charge in [0.1, 0.15) is 0 Å². The number of hydrogen-bond acceptors (Lipinski definition) is 2. The van der Waals surface area contributed by atoms with Gasteiger partial charge in [0.2, 0.25) is 0 Å². The number of nitrogens with zero attached hydrogens (tertiary/aromatic N) is 1. The summed E-state index contributed by atoms with van der Waals surface area (Å²) < 4.78 is 0. The highest BCUT2D eigenvalue weighted by molar-refractivity contribution is 4.86. The molecule has 1 saturated heterocycles. The first-order valence-electron chi connectivity index (χ1n) is 4.84. The molecule has 0 bridgehead atoms. The molecule has 0 aromatic carbocycles. The number of hydrogen-bond donors (Lipinski definition) is 1. The van der Waals surface area contributed by atoms with Crippen LogP contribution in [0, 0.1) is 5.92 Å². The largest absolute Gasteiger partial charge is 0.330 e. The molecule has 1 heterocycles. The fraction of sp³-hybridized carbons (Fsp3) is 1.00. The predicted molar refractivity (Wildman–Crippen MR) is 46.4 cm³/mol. The molecule has 11 heavy (non-hydrogen) atoms. The Hall–Kier alpha value is -0.0800. The van der Waals surface area contributed by atoms with Crippen LogP contribution in [0.5, 0.6) is 0 Å². The number of nitrogens with two attached hydrogens (primary N) is 1. The van der Waals surface area contributed by atoms with Crippen molar-refractivity contribution in [3.63, 3.8) is 0 Å². The van der Waals surface area contributed by atoms with Gasteiger partial charge in [0.05, 0.1) is 0 Å². The van der Waals surface area contributed by atoms with Gasteiger partial charge in [0.15, 0.2) is 0 Å². The zero-order valence-electron chi connectivity index (χ0n) is 7.13. The summed E-state index contributed by atoms with van der Waals surface area (Å²) in [5.74, 6) is 0.834. The Labute approximate surface area is 68.7 Å². The van der Waals surface area contributed by atoms with Crippen LogP contribution in [0.25, 0.3) is 0 Å². The topological polar surface area (TPSA) is 29.3 Å². The van der Waals surface area contributed by atoms with E-state index in [2.05, 4.69) is 4.90 Å². The lowest BCUT2D eigenvalue weighted by Crippen LogP contribution is -2.44. The smallest absolute Gasteiger partial charge is 0.00984 e. The molecule has 2 aliphatic rings. The van der Waals surface area contributed by atoms with Crippen molar-refractivity contribution in [2.24, 2.45) is 11.7 Å². The van der Waals surface area contributed by atoms with Crippen molar-refractivity contribution in [3.05, 3.63) is 0 Å². The first kappa shape index (κ1) is 7.56. The molecule has 2 fully saturated rings. The van der Waals surface area contributed by atoms with E-state index in [0.717, 1.165) is 18.5 Å². The molecule has 0 aromatic rings. The molecule has 2 unspecified atom stereocenters. The third kappa shape index (κ3) is 1.42. The van der Waals surface area contributed by atoms with E-state index in [0.29, 0.717) is 0 Å². The highest BCUT2D eigenvalue weighted by atomic mass is 15.2. The fourth-order valence-electron chi connectivity index (χ4n) is 2.30. The van der Waals surface area contributed by atoms with E-state index in [4.69, 9.17) is 5.73 Å². The third-order valence-corrected chi connectivity index (χ3v) is 3.25. The van der Waals surface area contributed by atoms with Crippen molar-refractivity contribution in [3.8, 4) is 0 Å². The lowest BCUT2D eigenvalue weighted by molar-refractivity contribution is 0.118. The van der Waals surface area contributed by atoms with E-state index >= 15 is 0 Å². The molecule has 2 rings (SSSR count). The average Bonchev–Trinajstić information content (AvgIpc) is 2.32. The van der Waals surface area contributed by atoms with Crippen molar-refractivity contribution < 1.29 is 0 Å². The van der Waals surface area contributed by atoms with Crippen LogP contribution < -0.4 is 5.73 Å². The van der Waals surface area contributed by atoms with E-state index in [1.165, 1.54) is 38.8 Å². The van der Waals surface area contributed by atoms with Crippen LogP contribution in [0.2, 0.25) is 0 Å². The van der Waals surface area contributed by atoms with Gasteiger partial charge in [-0.3, -0.25) is 0 Å². The Morgan fingerprint density at radius 2 is 2.09 bits per heavy atom. The van der Waals surface area contributed by atoms with Crippen molar-refractivity contribution in [2.45, 2.75) is 31.7 Å². The molecule has 0 amide bonds. The second-order valence-electron chi connectivity index (χ2n) is 3.96. The summed E-state index contributed by atoms with van der Waals surface area (Å²) in [6.07, 6.45) is 5.57. The van der Waals surface area contributed by atoms with Crippen molar-refractivity contribution in [1.82, 2.24) is 4.90 Å². The molecule has 0 radical (unpaired) electrons. The van der Waals surface area contributed by atoms with Crippen LogP contribution >= 0.6 is 0 Å². The molecular weight excluding hydrogens is 136 g/mol. The van der Waals surface area contributed by atoms with E-state index < -0.39 is 0 Å². The van der Waals surface area contributed by atoms with Crippen molar-refractivity contribution in [2.75, 3.05) is 19.6 Å². The van der Waals surface area contributed by atoms with Gasteiger partial charge in [-0.2, -0.15) is 0 Å². The van der Waals surface area contributed by atoms with Crippen LogP contribution in [0.1, 0.15) is 25.7 Å². The first-order valence-corrected chi connectivity index (χ1v) is 4.84. The van der Waals surface area contributed by atoms with Gasteiger partial charge in [0.25, 0.3) is 0 Å². The summed E-state index contributed by atoms with van der Waals surface area (Å²) >= 11 is 0. The minimum absolute atomic E-state index is 0.834. The van der Waals surface area contributed by atoms with Gasteiger partial charge in [-0.15, -0.1) is 0 Å². The minimum atomic E-state index is 0.834. The maximum absolute atomic E-state index is 5.64. The van der Waals surface area contributed by atoms with Crippen LogP contribution in [0.4, 0.5) is 0 Å². The third-order valence-electron chi connectivity index (χ3n) is 3.25. The van der Waals surface area contributed by atoms with E-state index in [1.807, 2.05) is 0 Å². The molecule has 64 valence electrons. The molecule has 1 saturated carbocycles. The van der Waals surface area contributed by atoms with Crippen molar-refractivity contribution >= 4 is 0 Å². The molecule has 1 aliphatic carbocycles. The second-order valence-corrected chi connectivity index (χ2v) is 3.96. The lowest BCUT2D eigenvalue weighted by Gasteiger charge is -2.36. The molecule has 0 aromatic heterocycles. The number of rotatable bonds is 2. The van der Waals surface area contributed by atoms with Crippen LogP contribution in [0.15, 0.2) is 0 Å². The second kappa shape index (κ2) is 3.11. The van der Waals surface area contributed by atoms with Gasteiger partial charge in [-0.05, 0) is 51.2 Å². The molecule has 2 heteroatoms. The molecule has 1 aliphatic heterocycles. The van der Waals surface area contributed by atoms with Crippen molar-refractivity contribution in [1.29, 1.82) is 0 Å². The maximum Gasteiger partial charge on any atom is 0.00984 e. The summed E-state index contributed by atoms with van der Waals surface area (Å²) in [6.45, 7) is 3.61. The zero-order chi connectivity index (χ0) is 7.68. The van der Waals surface area contributed by atoms with Gasteiger partial charge < -0.3 is 10.6 Å². The minimum Gasteiger partial charge on any atom is -0.330 e. The zero-order valence-corrected chi connectivity index (χ0v) is 7.13. The molecule has 2 nitrogen and oxygen atoms in total. The summed E-state index contributed by atoms with van der Waals surface area (Å²) in [5.41, 5.74) is 5.64. The fourth-order valence-corrected chi connectivity index (χ4v) is 2.30. The van der Waals surface area contributed by atoms with Crippen LogP contribution in [-0.4, -0.2) is 30.6 Å². The highest BCUT2D eigenvalue weighted by Crippen LogP contribution is 2.30. The van der Waals surface area contributed by atoms with Gasteiger partial charge >= 0.3 is 0 Å². The molecule has 2 N–H and O–H groups in total. The SMILES string of the molecule is NCC1CCC(N2CCC2)C1. The first-order chi connectivity index (χ1) is 5.40. The summed E-state index contributed by atoms with van der Waals surface area (Å²) in [6, 6.07) is 0.900. The lowest BCUT2D eigenvalue weighted by atomic mass is 10.1. The van der Waals surface area contributed by atoms with Gasteiger partial charge in [-0.25, -0.2) is 0 Å². The normalized spacial score (nSPS) is 39.0. The average molecular weight is 154 g/mol. The molecule has 2 atom stereocenters. The van der Waals surface area contributed by atoms with Gasteiger partial charge in [-0.1, -0.05) is 0 Å². The van der Waals surface area contributed by atoms with Crippen LogP contribution in [-0.2, 0) is 0 Å². The monoisotopic (exact) mass is 154 g/mol. The molecular formula is C9H18N2. The summed E-state index contributed by atoms with van der Waals surface area (Å²) in [5, 5.41) is 0. The Morgan fingerprint density at radius 3 is 2.55 bits per heavy atom. The standard InChI is InChI=1S/C9H18N2/c10-7-8-2-3-9(6-8)11-4-1-5-11/h8-9H,1-7,10H2. The maximum atomic E-state index is 5.64. The molecule has 0 spiro atoms. The van der Waals surface area contributed by atoms with E-state index in [9.17, 15) is 0 Å². The van der Waals surface area contributed by atoms with E-state index in [1.54, 1.807) is 0 Å². The Morgan fingerprint density at radius 1 is 1.27 bits per heavy atom.